The summed E-state index contributed by atoms with van der Waals surface area (Å²) in [4.78, 5) is 7.15. The Labute approximate surface area is 119 Å². The molecule has 0 heterocycles. The van der Waals surface area contributed by atoms with Gasteiger partial charge >= 0.3 is 0 Å². The lowest BCUT2D eigenvalue weighted by atomic mass is 10.2. The van der Waals surface area contributed by atoms with Crippen LogP contribution in [-0.4, -0.2) is 49.1 Å². The van der Waals surface area contributed by atoms with Gasteiger partial charge in [-0.15, -0.1) is 0 Å². The zero-order valence-electron chi connectivity index (χ0n) is 13.2. The van der Waals surface area contributed by atoms with Crippen molar-refractivity contribution < 1.29 is 0 Å². The fourth-order valence-corrected chi connectivity index (χ4v) is 2.66. The molecule has 0 saturated heterocycles. The third kappa shape index (κ3) is 6.28. The Morgan fingerprint density at radius 2 is 1.95 bits per heavy atom. The van der Waals surface area contributed by atoms with E-state index in [4.69, 9.17) is 4.99 Å². The molecule has 0 spiro atoms. The van der Waals surface area contributed by atoms with Crippen LogP contribution in [0.4, 0.5) is 0 Å². The summed E-state index contributed by atoms with van der Waals surface area (Å²) in [6, 6.07) is 1.23. The number of rotatable bonds is 7. The summed E-state index contributed by atoms with van der Waals surface area (Å²) >= 11 is 0. The van der Waals surface area contributed by atoms with Gasteiger partial charge in [0, 0.05) is 25.2 Å². The van der Waals surface area contributed by atoms with Gasteiger partial charge in [0.15, 0.2) is 5.96 Å². The maximum atomic E-state index is 4.70. The van der Waals surface area contributed by atoms with Gasteiger partial charge in [-0.25, -0.2) is 0 Å². The molecular formula is C15H32N4. The van der Waals surface area contributed by atoms with E-state index >= 15 is 0 Å². The van der Waals surface area contributed by atoms with E-state index in [-0.39, 0.29) is 0 Å². The third-order valence-corrected chi connectivity index (χ3v) is 3.83. The van der Waals surface area contributed by atoms with E-state index in [0.717, 1.165) is 32.1 Å². The van der Waals surface area contributed by atoms with Gasteiger partial charge < -0.3 is 10.6 Å². The van der Waals surface area contributed by atoms with E-state index in [1.54, 1.807) is 0 Å². The van der Waals surface area contributed by atoms with Crippen LogP contribution in [0.25, 0.3) is 0 Å². The van der Waals surface area contributed by atoms with Crippen molar-refractivity contribution in [3.8, 4) is 0 Å². The van der Waals surface area contributed by atoms with Crippen molar-refractivity contribution >= 4 is 5.96 Å². The minimum absolute atomic E-state index is 0.602. The highest BCUT2D eigenvalue weighted by molar-refractivity contribution is 5.80. The predicted molar refractivity (Wildman–Crippen MR) is 83.8 cm³/mol. The number of hydrogen-bond donors (Lipinski definition) is 2. The Hall–Kier alpha value is -0.770. The first-order valence-electron chi connectivity index (χ1n) is 7.96. The highest BCUT2D eigenvalue weighted by Crippen LogP contribution is 2.17. The molecule has 0 amide bonds. The van der Waals surface area contributed by atoms with Gasteiger partial charge in [-0.3, -0.25) is 9.89 Å². The van der Waals surface area contributed by atoms with Gasteiger partial charge in [-0.05, 0) is 40.2 Å². The molecule has 4 heteroatoms. The van der Waals surface area contributed by atoms with Crippen molar-refractivity contribution in [2.24, 2.45) is 4.99 Å². The number of hydrogen-bond acceptors (Lipinski definition) is 2. The van der Waals surface area contributed by atoms with Crippen LogP contribution in [0.5, 0.6) is 0 Å². The lowest BCUT2D eigenvalue weighted by Crippen LogP contribution is -2.43. The molecule has 1 aliphatic carbocycles. The van der Waals surface area contributed by atoms with Gasteiger partial charge in [-0.2, -0.15) is 0 Å². The van der Waals surface area contributed by atoms with Gasteiger partial charge in [0.25, 0.3) is 0 Å². The van der Waals surface area contributed by atoms with Crippen LogP contribution in [0.1, 0.15) is 53.4 Å². The molecule has 112 valence electrons. The van der Waals surface area contributed by atoms with Crippen LogP contribution in [0, 0.1) is 0 Å². The Kier molecular flexibility index (Phi) is 7.87. The SMILES string of the molecule is CCNC(=NCCN(CC)C(C)C)NC1CCCC1. The van der Waals surface area contributed by atoms with Gasteiger partial charge in [0.05, 0.1) is 6.54 Å². The number of guanidine groups is 1. The first kappa shape index (κ1) is 16.3. The molecule has 0 aromatic carbocycles. The predicted octanol–water partition coefficient (Wildman–Crippen LogP) is 2.21. The molecule has 1 saturated carbocycles. The molecule has 19 heavy (non-hydrogen) atoms. The van der Waals surface area contributed by atoms with E-state index in [1.165, 1.54) is 25.7 Å². The molecule has 0 radical (unpaired) electrons. The third-order valence-electron chi connectivity index (χ3n) is 3.83. The summed E-state index contributed by atoms with van der Waals surface area (Å²) in [5.41, 5.74) is 0. The van der Waals surface area contributed by atoms with E-state index in [9.17, 15) is 0 Å². The van der Waals surface area contributed by atoms with Gasteiger partial charge in [-0.1, -0.05) is 19.8 Å². The van der Waals surface area contributed by atoms with Crippen molar-refractivity contribution in [3.63, 3.8) is 0 Å². The maximum Gasteiger partial charge on any atom is 0.191 e. The molecule has 0 aromatic heterocycles. The van der Waals surface area contributed by atoms with E-state index in [0.29, 0.717) is 12.1 Å². The number of nitrogens with one attached hydrogen (secondary N) is 2. The minimum Gasteiger partial charge on any atom is -0.357 e. The largest absolute Gasteiger partial charge is 0.357 e. The molecule has 0 bridgehead atoms. The minimum atomic E-state index is 0.602. The zero-order valence-corrected chi connectivity index (χ0v) is 13.2. The molecule has 0 aliphatic heterocycles. The molecule has 4 nitrogen and oxygen atoms in total. The first-order valence-corrected chi connectivity index (χ1v) is 7.96. The second-order valence-corrected chi connectivity index (χ2v) is 5.61. The molecule has 1 aliphatic rings. The standard InChI is InChI=1S/C15H32N4/c1-5-16-15(18-14-9-7-8-10-14)17-11-12-19(6-2)13(3)4/h13-14H,5-12H2,1-4H3,(H2,16,17,18). The number of likely N-dealkylation sites (N-methyl/N-ethyl adjacent to an activating group) is 1. The highest BCUT2D eigenvalue weighted by Gasteiger charge is 2.15. The topological polar surface area (TPSA) is 39.7 Å². The molecular weight excluding hydrogens is 236 g/mol. The Morgan fingerprint density at radius 3 is 2.47 bits per heavy atom. The number of nitrogens with zero attached hydrogens (tertiary/aromatic N) is 2. The zero-order chi connectivity index (χ0) is 14.1. The maximum absolute atomic E-state index is 4.70. The fraction of sp³-hybridized carbons (Fsp3) is 0.933. The molecule has 0 atom stereocenters. The van der Waals surface area contributed by atoms with Crippen LogP contribution in [-0.2, 0) is 0 Å². The summed E-state index contributed by atoms with van der Waals surface area (Å²) in [7, 11) is 0. The normalized spacial score (nSPS) is 17.5. The second-order valence-electron chi connectivity index (χ2n) is 5.61. The molecule has 2 N–H and O–H groups in total. The average molecular weight is 268 g/mol. The van der Waals surface area contributed by atoms with Gasteiger partial charge in [0.1, 0.15) is 0 Å². The molecule has 1 rings (SSSR count). The summed E-state index contributed by atoms with van der Waals surface area (Å²) in [6.07, 6.45) is 5.29. The average Bonchev–Trinajstić information content (AvgIpc) is 2.87. The lowest BCUT2D eigenvalue weighted by Gasteiger charge is -2.24. The fourth-order valence-electron chi connectivity index (χ4n) is 2.66. The van der Waals surface area contributed by atoms with Crippen molar-refractivity contribution in [1.29, 1.82) is 0 Å². The summed E-state index contributed by atoms with van der Waals surface area (Å²) in [5, 5.41) is 6.91. The summed E-state index contributed by atoms with van der Waals surface area (Å²) in [6.45, 7) is 12.8. The highest BCUT2D eigenvalue weighted by atomic mass is 15.2. The molecule has 0 unspecified atom stereocenters. The van der Waals surface area contributed by atoms with Crippen LogP contribution in [0.15, 0.2) is 4.99 Å². The van der Waals surface area contributed by atoms with Crippen LogP contribution in [0.3, 0.4) is 0 Å². The lowest BCUT2D eigenvalue weighted by molar-refractivity contribution is 0.240. The molecule has 0 aromatic rings. The van der Waals surface area contributed by atoms with Crippen LogP contribution >= 0.6 is 0 Å². The molecule has 1 fully saturated rings. The van der Waals surface area contributed by atoms with E-state index in [2.05, 4.69) is 43.2 Å². The second kappa shape index (κ2) is 9.18. The summed E-state index contributed by atoms with van der Waals surface area (Å²) < 4.78 is 0. The van der Waals surface area contributed by atoms with E-state index < -0.39 is 0 Å². The smallest absolute Gasteiger partial charge is 0.191 e. The Bertz CT molecular complexity index is 257. The summed E-state index contributed by atoms with van der Waals surface area (Å²) in [5.74, 6) is 0.995. The monoisotopic (exact) mass is 268 g/mol. The quantitative estimate of drug-likeness (QED) is 0.549. The van der Waals surface area contributed by atoms with Gasteiger partial charge in [0.2, 0.25) is 0 Å². The van der Waals surface area contributed by atoms with Crippen molar-refractivity contribution in [2.45, 2.75) is 65.5 Å². The van der Waals surface area contributed by atoms with Crippen molar-refractivity contribution in [1.82, 2.24) is 15.5 Å². The Balaban J connectivity index is 2.38. The first-order chi connectivity index (χ1) is 9.17. The van der Waals surface area contributed by atoms with Crippen LogP contribution in [0.2, 0.25) is 0 Å². The Morgan fingerprint density at radius 1 is 1.26 bits per heavy atom. The number of aliphatic imine (C=N–C) groups is 1. The van der Waals surface area contributed by atoms with Crippen molar-refractivity contribution in [2.75, 3.05) is 26.2 Å². The van der Waals surface area contributed by atoms with Crippen LogP contribution < -0.4 is 10.6 Å². The van der Waals surface area contributed by atoms with Crippen molar-refractivity contribution in [3.05, 3.63) is 0 Å². The van der Waals surface area contributed by atoms with E-state index in [1.807, 2.05) is 0 Å².